The van der Waals surface area contributed by atoms with E-state index in [1.807, 2.05) is 30.3 Å². The molecule has 0 radical (unpaired) electrons. The molecule has 6 nitrogen and oxygen atoms in total. The molecule has 0 fully saturated rings. The molecule has 0 aromatic heterocycles. The van der Waals surface area contributed by atoms with Crippen LogP contribution >= 0.6 is 0 Å². The molecule has 100 valence electrons. The van der Waals surface area contributed by atoms with Gasteiger partial charge in [-0.3, -0.25) is 0 Å². The average Bonchev–Trinajstić information content (AvgIpc) is 2.38. The molecular weight excluding hydrogens is 246 g/mol. The van der Waals surface area contributed by atoms with Gasteiger partial charge in [0.2, 0.25) is 0 Å². The lowest BCUT2D eigenvalue weighted by atomic mass is 10.2. The Morgan fingerprint density at radius 3 is 2.53 bits per heavy atom. The number of benzene rings is 1. The summed E-state index contributed by atoms with van der Waals surface area (Å²) in [4.78, 5) is 25.7. The van der Waals surface area contributed by atoms with E-state index >= 15 is 0 Å². The Morgan fingerprint density at radius 2 is 2.00 bits per heavy atom. The second-order valence-corrected chi connectivity index (χ2v) is 3.65. The first kappa shape index (κ1) is 14.4. The Balaban J connectivity index is 2.62. The SMILES string of the molecule is C/C=C(/C(=O)O)C(N)=NC(=O)NCc1ccccc1. The number of aliphatic carboxylic acids is 1. The van der Waals surface area contributed by atoms with Crippen molar-refractivity contribution >= 4 is 17.8 Å². The molecule has 1 aromatic carbocycles. The summed E-state index contributed by atoms with van der Waals surface area (Å²) in [5.41, 5.74) is 6.15. The van der Waals surface area contributed by atoms with Gasteiger partial charge in [0.25, 0.3) is 0 Å². The first-order chi connectivity index (χ1) is 9.04. The third-order valence-electron chi connectivity index (χ3n) is 2.30. The van der Waals surface area contributed by atoms with E-state index in [9.17, 15) is 9.59 Å². The number of urea groups is 1. The highest BCUT2D eigenvalue weighted by molar-refractivity contribution is 6.19. The molecule has 19 heavy (non-hydrogen) atoms. The summed E-state index contributed by atoms with van der Waals surface area (Å²) in [5, 5.41) is 11.3. The van der Waals surface area contributed by atoms with Crippen LogP contribution in [0.4, 0.5) is 4.79 Å². The number of amides is 2. The zero-order valence-electron chi connectivity index (χ0n) is 10.5. The molecular formula is C13H15N3O3. The maximum Gasteiger partial charge on any atom is 0.343 e. The molecule has 0 bridgehead atoms. The fourth-order valence-corrected chi connectivity index (χ4v) is 1.36. The molecule has 0 spiro atoms. The van der Waals surface area contributed by atoms with Gasteiger partial charge in [-0.15, -0.1) is 0 Å². The summed E-state index contributed by atoms with van der Waals surface area (Å²) in [7, 11) is 0. The maximum absolute atomic E-state index is 11.5. The van der Waals surface area contributed by atoms with Gasteiger partial charge in [0, 0.05) is 6.54 Å². The summed E-state index contributed by atoms with van der Waals surface area (Å²) in [6.45, 7) is 1.81. The molecule has 1 rings (SSSR count). The molecule has 0 aliphatic heterocycles. The predicted octanol–water partition coefficient (Wildman–Crippen LogP) is 1.28. The lowest BCUT2D eigenvalue weighted by Gasteiger charge is -2.03. The van der Waals surface area contributed by atoms with E-state index in [0.29, 0.717) is 6.54 Å². The molecule has 4 N–H and O–H groups in total. The summed E-state index contributed by atoms with van der Waals surface area (Å²) in [6, 6.07) is 8.58. The standard InChI is InChI=1S/C13H15N3O3/c1-2-10(12(17)18)11(14)16-13(19)15-8-9-6-4-3-5-7-9/h2-7H,8H2,1H3,(H,17,18)(H3,14,15,16,19)/b10-2+. The van der Waals surface area contributed by atoms with Gasteiger partial charge in [0.05, 0.1) is 5.57 Å². The molecule has 0 aliphatic carbocycles. The highest BCUT2D eigenvalue weighted by Gasteiger charge is 2.12. The highest BCUT2D eigenvalue weighted by atomic mass is 16.4. The zero-order chi connectivity index (χ0) is 14.3. The fourth-order valence-electron chi connectivity index (χ4n) is 1.36. The number of hydrogen-bond donors (Lipinski definition) is 3. The van der Waals surface area contributed by atoms with Crippen LogP contribution in [0.25, 0.3) is 0 Å². The number of hydrogen-bond acceptors (Lipinski definition) is 2. The first-order valence-corrected chi connectivity index (χ1v) is 5.60. The number of rotatable bonds is 4. The number of carboxylic acid groups (broad SMARTS) is 1. The highest BCUT2D eigenvalue weighted by Crippen LogP contribution is 1.98. The summed E-state index contributed by atoms with van der Waals surface area (Å²) < 4.78 is 0. The number of carboxylic acids is 1. The van der Waals surface area contributed by atoms with E-state index in [0.717, 1.165) is 5.56 Å². The molecule has 1 aromatic rings. The van der Waals surface area contributed by atoms with Gasteiger partial charge >= 0.3 is 12.0 Å². The minimum Gasteiger partial charge on any atom is -0.478 e. The van der Waals surface area contributed by atoms with Crippen LogP contribution in [0.3, 0.4) is 0 Å². The van der Waals surface area contributed by atoms with E-state index in [4.69, 9.17) is 10.8 Å². The van der Waals surface area contributed by atoms with Crippen LogP contribution in [-0.4, -0.2) is 22.9 Å². The monoisotopic (exact) mass is 261 g/mol. The topological polar surface area (TPSA) is 105 Å². The molecule has 0 saturated heterocycles. The van der Waals surface area contributed by atoms with Crippen molar-refractivity contribution in [1.82, 2.24) is 5.32 Å². The van der Waals surface area contributed by atoms with Crippen molar-refractivity contribution in [3.05, 3.63) is 47.5 Å². The number of amidine groups is 1. The van der Waals surface area contributed by atoms with Crippen molar-refractivity contribution in [3.63, 3.8) is 0 Å². The molecule has 0 unspecified atom stereocenters. The number of aliphatic imine (C=N–C) groups is 1. The van der Waals surface area contributed by atoms with Crippen LogP contribution in [0.15, 0.2) is 47.0 Å². The third kappa shape index (κ3) is 4.63. The van der Waals surface area contributed by atoms with E-state index in [-0.39, 0.29) is 11.4 Å². The number of allylic oxidation sites excluding steroid dienone is 1. The number of carbonyl (C=O) groups is 2. The van der Waals surface area contributed by atoms with Gasteiger partial charge in [-0.2, -0.15) is 4.99 Å². The van der Waals surface area contributed by atoms with Gasteiger partial charge in [0.1, 0.15) is 5.84 Å². The van der Waals surface area contributed by atoms with Crippen molar-refractivity contribution in [2.45, 2.75) is 13.5 Å². The molecule has 0 heterocycles. The Bertz CT molecular complexity index is 521. The van der Waals surface area contributed by atoms with Crippen molar-refractivity contribution in [1.29, 1.82) is 0 Å². The molecule has 6 heteroatoms. The number of carbonyl (C=O) groups excluding carboxylic acids is 1. The lowest BCUT2D eigenvalue weighted by molar-refractivity contribution is -0.132. The van der Waals surface area contributed by atoms with Crippen LogP contribution in [0.2, 0.25) is 0 Å². The quantitative estimate of drug-likeness (QED) is 0.431. The molecule has 0 atom stereocenters. The van der Waals surface area contributed by atoms with Gasteiger partial charge in [0.15, 0.2) is 0 Å². The predicted molar refractivity (Wildman–Crippen MR) is 71.7 cm³/mol. The van der Waals surface area contributed by atoms with Crippen molar-refractivity contribution in [3.8, 4) is 0 Å². The van der Waals surface area contributed by atoms with Crippen molar-refractivity contribution < 1.29 is 14.7 Å². The Kier molecular flexibility index (Phi) is 5.28. The normalized spacial score (nSPS) is 12.1. The van der Waals surface area contributed by atoms with Crippen LogP contribution in [0, 0.1) is 0 Å². The van der Waals surface area contributed by atoms with Gasteiger partial charge < -0.3 is 16.2 Å². The van der Waals surface area contributed by atoms with Crippen LogP contribution in [0.1, 0.15) is 12.5 Å². The summed E-state index contributed by atoms with van der Waals surface area (Å²) in [6.07, 6.45) is 1.28. The largest absolute Gasteiger partial charge is 0.478 e. The van der Waals surface area contributed by atoms with Crippen LogP contribution in [0.5, 0.6) is 0 Å². The Labute approximate surface area is 110 Å². The van der Waals surface area contributed by atoms with Crippen molar-refractivity contribution in [2.75, 3.05) is 0 Å². The Hall–Kier alpha value is -2.63. The van der Waals surface area contributed by atoms with Crippen molar-refractivity contribution in [2.24, 2.45) is 10.7 Å². The third-order valence-corrected chi connectivity index (χ3v) is 2.30. The zero-order valence-corrected chi connectivity index (χ0v) is 10.5. The Morgan fingerprint density at radius 1 is 1.37 bits per heavy atom. The van der Waals surface area contributed by atoms with Gasteiger partial charge in [-0.25, -0.2) is 9.59 Å². The second kappa shape index (κ2) is 6.95. The smallest absolute Gasteiger partial charge is 0.343 e. The molecule has 0 aliphatic rings. The summed E-state index contributed by atoms with van der Waals surface area (Å²) >= 11 is 0. The van der Waals surface area contributed by atoms with E-state index in [1.165, 1.54) is 13.0 Å². The van der Waals surface area contributed by atoms with E-state index < -0.39 is 12.0 Å². The van der Waals surface area contributed by atoms with E-state index in [1.54, 1.807) is 0 Å². The second-order valence-electron chi connectivity index (χ2n) is 3.65. The minimum atomic E-state index is -1.22. The minimum absolute atomic E-state index is 0.199. The number of nitrogens with one attached hydrogen (secondary N) is 1. The average molecular weight is 261 g/mol. The maximum atomic E-state index is 11.5. The van der Waals surface area contributed by atoms with Crippen LogP contribution < -0.4 is 11.1 Å². The van der Waals surface area contributed by atoms with Gasteiger partial charge in [-0.1, -0.05) is 36.4 Å². The van der Waals surface area contributed by atoms with E-state index in [2.05, 4.69) is 10.3 Å². The fraction of sp³-hybridized carbons (Fsp3) is 0.154. The molecule has 0 saturated carbocycles. The summed E-state index contributed by atoms with van der Waals surface area (Å²) in [5.74, 6) is -1.54. The van der Waals surface area contributed by atoms with Crippen LogP contribution in [-0.2, 0) is 11.3 Å². The van der Waals surface area contributed by atoms with Gasteiger partial charge in [-0.05, 0) is 12.5 Å². The lowest BCUT2D eigenvalue weighted by Crippen LogP contribution is -2.26. The molecule has 2 amide bonds. The first-order valence-electron chi connectivity index (χ1n) is 5.60. The number of nitrogens with two attached hydrogens (primary N) is 1. The number of nitrogens with zero attached hydrogens (tertiary/aromatic N) is 1.